The molecule has 0 radical (unpaired) electrons. The van der Waals surface area contributed by atoms with Gasteiger partial charge < -0.3 is 14.6 Å². The molecule has 2 heterocycles. The molecule has 202 valence electrons. The van der Waals surface area contributed by atoms with Crippen molar-refractivity contribution in [3.05, 3.63) is 50.6 Å². The zero-order chi connectivity index (χ0) is 27.6. The first-order chi connectivity index (χ1) is 18.0. The molecule has 1 N–H and O–H groups in total. The Morgan fingerprint density at radius 2 is 2.18 bits per heavy atom. The van der Waals surface area contributed by atoms with Crippen LogP contribution in [-0.2, 0) is 24.7 Å². The minimum absolute atomic E-state index is 0.157. The Balaban J connectivity index is 1.39. The van der Waals surface area contributed by atoms with Gasteiger partial charge in [-0.1, -0.05) is 56.6 Å². The second-order valence-corrected chi connectivity index (χ2v) is 13.0. The molecule has 0 saturated heterocycles. The van der Waals surface area contributed by atoms with E-state index in [9.17, 15) is 10.1 Å². The minimum atomic E-state index is -0.382. The number of thiophene rings is 1. The Morgan fingerprint density at radius 1 is 1.42 bits per heavy atom. The van der Waals surface area contributed by atoms with E-state index in [1.165, 1.54) is 16.6 Å². The number of nitriles is 1. The molecule has 1 aromatic carbocycles. The average Bonchev–Trinajstić information content (AvgIpc) is 3.43. The van der Waals surface area contributed by atoms with Crippen molar-refractivity contribution in [2.45, 2.75) is 71.6 Å². The van der Waals surface area contributed by atoms with Gasteiger partial charge in [-0.15, -0.1) is 21.5 Å². The van der Waals surface area contributed by atoms with Crippen molar-refractivity contribution in [1.82, 2.24) is 14.8 Å². The smallest absolute Gasteiger partial charge is 0.235 e. The van der Waals surface area contributed by atoms with Gasteiger partial charge in [-0.05, 0) is 67.7 Å². The Morgan fingerprint density at radius 3 is 2.89 bits per heavy atom. The van der Waals surface area contributed by atoms with E-state index in [1.54, 1.807) is 11.3 Å². The zero-order valence-electron chi connectivity index (χ0n) is 22.7. The van der Waals surface area contributed by atoms with Gasteiger partial charge in [-0.2, -0.15) is 5.26 Å². The summed E-state index contributed by atoms with van der Waals surface area (Å²) in [6, 6.07) is 7.96. The van der Waals surface area contributed by atoms with Gasteiger partial charge in [0.05, 0.1) is 16.3 Å². The van der Waals surface area contributed by atoms with Crippen LogP contribution in [0.15, 0.2) is 23.4 Å². The summed E-state index contributed by atoms with van der Waals surface area (Å²) in [5, 5.41) is 23.2. The van der Waals surface area contributed by atoms with Crippen LogP contribution in [0.25, 0.3) is 0 Å². The molecule has 7 nitrogen and oxygen atoms in total. The number of hydrogen-bond acceptors (Lipinski definition) is 7. The van der Waals surface area contributed by atoms with Gasteiger partial charge in [0.1, 0.15) is 16.8 Å². The summed E-state index contributed by atoms with van der Waals surface area (Å²) in [6.45, 7) is 10.7. The van der Waals surface area contributed by atoms with E-state index in [0.29, 0.717) is 38.2 Å². The third-order valence-corrected chi connectivity index (χ3v) is 10.1. The lowest BCUT2D eigenvalue weighted by molar-refractivity contribution is -0.113. The zero-order valence-corrected chi connectivity index (χ0v) is 25.1. The van der Waals surface area contributed by atoms with Crippen LogP contribution in [0, 0.1) is 29.6 Å². The van der Waals surface area contributed by atoms with Gasteiger partial charge in [-0.25, -0.2) is 0 Å². The van der Waals surface area contributed by atoms with Crippen LogP contribution in [0.5, 0.6) is 5.75 Å². The normalized spacial score (nSPS) is 16.0. The highest BCUT2D eigenvalue weighted by molar-refractivity contribution is 7.99. The van der Waals surface area contributed by atoms with Crippen molar-refractivity contribution < 1.29 is 9.53 Å². The first-order valence-electron chi connectivity index (χ1n) is 12.8. The van der Waals surface area contributed by atoms with E-state index >= 15 is 0 Å². The third-order valence-electron chi connectivity index (χ3n) is 7.60. The van der Waals surface area contributed by atoms with E-state index < -0.39 is 0 Å². The molecule has 2 aromatic heterocycles. The molecule has 1 amide bonds. The maximum atomic E-state index is 12.9. The standard InChI is InChI=1S/C28H34ClN5O2S2/c1-7-28(4,5)18-9-10-19-20(14-30)26(38-23(19)13-18)31-24(35)15-37-27-33-32-25(34(27)6)17(3)36-22-12-16(2)8-11-21(22)29/h8,11-12,17-18H,7,9-10,13,15H2,1-6H3,(H,31,35). The molecule has 3 aromatic rings. The molecule has 0 fully saturated rings. The lowest BCUT2D eigenvalue weighted by Gasteiger charge is -2.36. The average molecular weight is 572 g/mol. The summed E-state index contributed by atoms with van der Waals surface area (Å²) >= 11 is 9.13. The molecule has 38 heavy (non-hydrogen) atoms. The summed E-state index contributed by atoms with van der Waals surface area (Å²) < 4.78 is 7.86. The number of benzene rings is 1. The number of anilines is 1. The van der Waals surface area contributed by atoms with Crippen LogP contribution in [0.1, 0.15) is 74.0 Å². The summed E-state index contributed by atoms with van der Waals surface area (Å²) in [6.07, 6.45) is 3.68. The van der Waals surface area contributed by atoms with Crippen LogP contribution >= 0.6 is 34.7 Å². The number of nitrogens with zero attached hydrogens (tertiary/aromatic N) is 4. The fourth-order valence-corrected chi connectivity index (χ4v) is 6.96. The molecule has 0 aliphatic heterocycles. The Kier molecular flexibility index (Phi) is 8.75. The monoisotopic (exact) mass is 571 g/mol. The number of fused-ring (bicyclic) bond motifs is 1. The lowest BCUT2D eigenvalue weighted by Crippen LogP contribution is -2.28. The van der Waals surface area contributed by atoms with Crippen molar-refractivity contribution in [3.8, 4) is 11.8 Å². The minimum Gasteiger partial charge on any atom is -0.481 e. The molecule has 4 rings (SSSR count). The molecule has 2 atom stereocenters. The predicted molar refractivity (Wildman–Crippen MR) is 154 cm³/mol. The SMILES string of the molecule is CCC(C)(C)C1CCc2c(sc(NC(=O)CSc3nnc(C(C)Oc4cc(C)ccc4Cl)n3C)c2C#N)C1. The fraction of sp³-hybridized carbons (Fsp3) is 0.500. The number of rotatable bonds is 9. The highest BCUT2D eigenvalue weighted by Crippen LogP contribution is 2.45. The Bertz CT molecular complexity index is 1370. The lowest BCUT2D eigenvalue weighted by atomic mass is 9.69. The molecule has 0 bridgehead atoms. The van der Waals surface area contributed by atoms with Gasteiger partial charge in [0, 0.05) is 11.9 Å². The molecule has 2 unspecified atom stereocenters. The number of hydrogen-bond donors (Lipinski definition) is 1. The number of amides is 1. The topological polar surface area (TPSA) is 92.8 Å². The number of aryl methyl sites for hydroxylation is 1. The Labute approximate surface area is 237 Å². The number of thioether (sulfide) groups is 1. The predicted octanol–water partition coefficient (Wildman–Crippen LogP) is 7.12. The second kappa shape index (κ2) is 11.7. The Hall–Kier alpha value is -2.54. The highest BCUT2D eigenvalue weighted by atomic mass is 35.5. The fourth-order valence-electron chi connectivity index (χ4n) is 4.79. The van der Waals surface area contributed by atoms with Crippen LogP contribution in [0.4, 0.5) is 5.00 Å². The van der Waals surface area contributed by atoms with Gasteiger partial charge in [0.25, 0.3) is 0 Å². The second-order valence-electron chi connectivity index (χ2n) is 10.5. The van der Waals surface area contributed by atoms with Crippen molar-refractivity contribution in [2.24, 2.45) is 18.4 Å². The van der Waals surface area contributed by atoms with Crippen molar-refractivity contribution >= 4 is 45.6 Å². The van der Waals surface area contributed by atoms with E-state index in [2.05, 4.69) is 42.4 Å². The summed E-state index contributed by atoms with van der Waals surface area (Å²) in [4.78, 5) is 14.1. The number of nitrogens with one attached hydrogen (secondary N) is 1. The highest BCUT2D eigenvalue weighted by Gasteiger charge is 2.34. The van der Waals surface area contributed by atoms with Gasteiger partial charge in [0.2, 0.25) is 5.91 Å². The first kappa shape index (κ1) is 28.5. The maximum absolute atomic E-state index is 12.9. The van der Waals surface area contributed by atoms with Crippen LogP contribution in [0.2, 0.25) is 5.02 Å². The molecule has 0 spiro atoms. The molecule has 10 heteroatoms. The molecular weight excluding hydrogens is 538 g/mol. The van der Waals surface area contributed by atoms with Crippen molar-refractivity contribution in [3.63, 3.8) is 0 Å². The van der Waals surface area contributed by atoms with Gasteiger partial charge >= 0.3 is 0 Å². The van der Waals surface area contributed by atoms with E-state index in [4.69, 9.17) is 16.3 Å². The van der Waals surface area contributed by atoms with Crippen LogP contribution in [0.3, 0.4) is 0 Å². The molecule has 1 aliphatic rings. The third kappa shape index (κ3) is 6.03. The van der Waals surface area contributed by atoms with Crippen molar-refractivity contribution in [2.75, 3.05) is 11.1 Å². The van der Waals surface area contributed by atoms with Gasteiger partial charge in [0.15, 0.2) is 17.1 Å². The molecule has 0 saturated carbocycles. The van der Waals surface area contributed by atoms with E-state index in [0.717, 1.165) is 36.8 Å². The quantitative estimate of drug-likeness (QED) is 0.275. The molecule has 1 aliphatic carbocycles. The summed E-state index contributed by atoms with van der Waals surface area (Å²) in [7, 11) is 1.85. The summed E-state index contributed by atoms with van der Waals surface area (Å²) in [5.41, 5.74) is 3.05. The number of carbonyl (C=O) groups is 1. The van der Waals surface area contributed by atoms with E-state index in [1.807, 2.05) is 43.7 Å². The number of aromatic nitrogens is 3. The number of ether oxygens (including phenoxy) is 1. The molecular formula is C28H34ClN5O2S2. The number of carbonyl (C=O) groups excluding carboxylic acids is 1. The van der Waals surface area contributed by atoms with Crippen molar-refractivity contribution in [1.29, 1.82) is 5.26 Å². The largest absolute Gasteiger partial charge is 0.481 e. The van der Waals surface area contributed by atoms with Crippen LogP contribution in [-0.4, -0.2) is 26.4 Å². The number of halogens is 1. The van der Waals surface area contributed by atoms with Gasteiger partial charge in [-0.3, -0.25) is 4.79 Å². The van der Waals surface area contributed by atoms with Crippen LogP contribution < -0.4 is 10.1 Å². The summed E-state index contributed by atoms with van der Waals surface area (Å²) in [5.74, 6) is 1.79. The first-order valence-corrected chi connectivity index (χ1v) is 15.0. The maximum Gasteiger partial charge on any atom is 0.235 e. The van der Waals surface area contributed by atoms with E-state index in [-0.39, 0.29) is 23.2 Å².